The number of aromatic nitrogens is 3. The van der Waals surface area contributed by atoms with Crippen LogP contribution >= 0.6 is 22.9 Å². The monoisotopic (exact) mass is 284 g/mol. The van der Waals surface area contributed by atoms with Gasteiger partial charge >= 0.3 is 0 Å². The molecule has 0 unspecified atom stereocenters. The predicted molar refractivity (Wildman–Crippen MR) is 70.4 cm³/mol. The van der Waals surface area contributed by atoms with Crippen LogP contribution in [0.25, 0.3) is 0 Å². The zero-order valence-corrected chi connectivity index (χ0v) is 11.5. The Balaban J connectivity index is 1.81. The fourth-order valence-corrected chi connectivity index (χ4v) is 2.48. The van der Waals surface area contributed by atoms with E-state index in [9.17, 15) is 4.79 Å². The van der Waals surface area contributed by atoms with Crippen LogP contribution in [0.3, 0.4) is 0 Å². The third-order valence-electron chi connectivity index (χ3n) is 2.30. The molecule has 7 heteroatoms. The molecule has 2 aromatic heterocycles. The highest BCUT2D eigenvalue weighted by Gasteiger charge is 2.07. The Morgan fingerprint density at radius 1 is 1.61 bits per heavy atom. The number of halogens is 1. The summed E-state index contributed by atoms with van der Waals surface area (Å²) in [6.45, 7) is 0.487. The van der Waals surface area contributed by atoms with Gasteiger partial charge in [0.15, 0.2) is 0 Å². The van der Waals surface area contributed by atoms with Gasteiger partial charge in [-0.2, -0.15) is 5.10 Å². The normalized spacial score (nSPS) is 10.6. The molecule has 0 atom stereocenters. The molecule has 0 fully saturated rings. The van der Waals surface area contributed by atoms with Gasteiger partial charge in [-0.25, -0.2) is 4.98 Å². The zero-order valence-electron chi connectivity index (χ0n) is 9.89. The third kappa shape index (κ3) is 3.54. The van der Waals surface area contributed by atoms with Gasteiger partial charge in [0.25, 0.3) is 0 Å². The van der Waals surface area contributed by atoms with Crippen LogP contribution < -0.4 is 5.32 Å². The van der Waals surface area contributed by atoms with Crippen molar-refractivity contribution in [3.8, 4) is 0 Å². The summed E-state index contributed by atoms with van der Waals surface area (Å²) in [5, 5.41) is 9.52. The largest absolute Gasteiger partial charge is 0.352 e. The van der Waals surface area contributed by atoms with Crippen molar-refractivity contribution in [1.82, 2.24) is 20.1 Å². The van der Waals surface area contributed by atoms with Crippen LogP contribution in [0.2, 0.25) is 0 Å². The van der Waals surface area contributed by atoms with E-state index in [2.05, 4.69) is 15.4 Å². The van der Waals surface area contributed by atoms with Crippen molar-refractivity contribution in [3.05, 3.63) is 34.0 Å². The SMILES string of the molecule is Cn1cc(CNC(=O)Cc2nc(CCl)cs2)cn1. The highest BCUT2D eigenvalue weighted by Crippen LogP contribution is 2.12. The molecule has 0 spiro atoms. The number of amides is 1. The molecule has 18 heavy (non-hydrogen) atoms. The summed E-state index contributed by atoms with van der Waals surface area (Å²) < 4.78 is 1.70. The van der Waals surface area contributed by atoms with E-state index in [1.165, 1.54) is 11.3 Å². The summed E-state index contributed by atoms with van der Waals surface area (Å²) in [6.07, 6.45) is 3.90. The van der Waals surface area contributed by atoms with E-state index in [1.54, 1.807) is 10.9 Å². The van der Waals surface area contributed by atoms with Crippen molar-refractivity contribution in [2.75, 3.05) is 0 Å². The number of hydrogen-bond donors (Lipinski definition) is 1. The summed E-state index contributed by atoms with van der Waals surface area (Å²) in [4.78, 5) is 15.9. The molecule has 5 nitrogen and oxygen atoms in total. The maximum atomic E-state index is 11.7. The molecule has 0 aliphatic carbocycles. The molecule has 2 heterocycles. The minimum absolute atomic E-state index is 0.0469. The molecule has 0 bridgehead atoms. The maximum absolute atomic E-state index is 11.7. The lowest BCUT2D eigenvalue weighted by molar-refractivity contribution is -0.120. The number of hydrogen-bond acceptors (Lipinski definition) is 4. The molecule has 0 radical (unpaired) electrons. The Hall–Kier alpha value is -1.40. The second-order valence-corrected chi connectivity index (χ2v) is 5.05. The van der Waals surface area contributed by atoms with Crippen molar-refractivity contribution in [3.63, 3.8) is 0 Å². The van der Waals surface area contributed by atoms with Gasteiger partial charge in [0.1, 0.15) is 5.01 Å². The fourth-order valence-electron chi connectivity index (χ4n) is 1.46. The summed E-state index contributed by atoms with van der Waals surface area (Å²) in [6, 6.07) is 0. The summed E-state index contributed by atoms with van der Waals surface area (Å²) in [7, 11) is 1.84. The van der Waals surface area contributed by atoms with Gasteiger partial charge in [-0.1, -0.05) is 0 Å². The van der Waals surface area contributed by atoms with E-state index >= 15 is 0 Å². The van der Waals surface area contributed by atoms with Gasteiger partial charge in [-0.15, -0.1) is 22.9 Å². The molecular weight excluding hydrogens is 272 g/mol. The van der Waals surface area contributed by atoms with E-state index in [0.717, 1.165) is 16.3 Å². The molecule has 0 aromatic carbocycles. The molecule has 0 aliphatic heterocycles. The quantitative estimate of drug-likeness (QED) is 0.846. The van der Waals surface area contributed by atoms with E-state index in [4.69, 9.17) is 11.6 Å². The van der Waals surface area contributed by atoms with Crippen LogP contribution in [-0.4, -0.2) is 20.7 Å². The lowest BCUT2D eigenvalue weighted by Crippen LogP contribution is -2.24. The first-order valence-corrected chi connectivity index (χ1v) is 6.82. The number of aryl methyl sites for hydroxylation is 1. The first-order valence-electron chi connectivity index (χ1n) is 5.41. The molecule has 2 rings (SSSR count). The van der Waals surface area contributed by atoms with Crippen molar-refractivity contribution in [2.45, 2.75) is 18.8 Å². The Kier molecular flexibility index (Phi) is 4.33. The molecule has 96 valence electrons. The number of carbonyl (C=O) groups excluding carboxylic acids is 1. The predicted octanol–water partition coefficient (Wildman–Crippen LogP) is 1.47. The van der Waals surface area contributed by atoms with Crippen LogP contribution in [0.1, 0.15) is 16.3 Å². The highest BCUT2D eigenvalue weighted by molar-refractivity contribution is 7.09. The summed E-state index contributed by atoms with van der Waals surface area (Å²) >= 11 is 7.11. The van der Waals surface area contributed by atoms with Gasteiger partial charge in [0.2, 0.25) is 5.91 Å². The van der Waals surface area contributed by atoms with E-state index in [1.807, 2.05) is 18.6 Å². The minimum Gasteiger partial charge on any atom is -0.352 e. The molecule has 2 aromatic rings. The van der Waals surface area contributed by atoms with Gasteiger partial charge in [-0.05, 0) is 0 Å². The first-order chi connectivity index (χ1) is 8.67. The van der Waals surface area contributed by atoms with Gasteiger partial charge in [0, 0.05) is 30.7 Å². The lowest BCUT2D eigenvalue weighted by atomic mass is 10.3. The van der Waals surface area contributed by atoms with E-state index < -0.39 is 0 Å². The van der Waals surface area contributed by atoms with Crippen molar-refractivity contribution >= 4 is 28.8 Å². The van der Waals surface area contributed by atoms with Crippen LogP contribution in [-0.2, 0) is 30.7 Å². The molecular formula is C11H13ClN4OS. The first kappa shape index (κ1) is 13.0. The number of rotatable bonds is 5. The zero-order chi connectivity index (χ0) is 13.0. The van der Waals surface area contributed by atoms with Crippen molar-refractivity contribution in [1.29, 1.82) is 0 Å². The topological polar surface area (TPSA) is 59.8 Å². The smallest absolute Gasteiger partial charge is 0.227 e. The van der Waals surface area contributed by atoms with Crippen LogP contribution in [0.4, 0.5) is 0 Å². The van der Waals surface area contributed by atoms with Crippen LogP contribution in [0.15, 0.2) is 17.8 Å². The Morgan fingerprint density at radius 2 is 2.44 bits per heavy atom. The molecule has 0 saturated heterocycles. The number of nitrogens with zero attached hydrogens (tertiary/aromatic N) is 3. The van der Waals surface area contributed by atoms with Crippen LogP contribution in [0, 0.1) is 0 Å². The van der Waals surface area contributed by atoms with Gasteiger partial charge < -0.3 is 5.32 Å². The molecule has 1 N–H and O–H groups in total. The number of carbonyl (C=O) groups is 1. The number of alkyl halides is 1. The molecule has 0 saturated carbocycles. The van der Waals surface area contributed by atoms with Crippen molar-refractivity contribution in [2.24, 2.45) is 7.05 Å². The lowest BCUT2D eigenvalue weighted by Gasteiger charge is -2.01. The second-order valence-electron chi connectivity index (χ2n) is 3.84. The number of thiazole rings is 1. The highest BCUT2D eigenvalue weighted by atomic mass is 35.5. The number of nitrogens with one attached hydrogen (secondary N) is 1. The van der Waals surface area contributed by atoms with E-state index in [-0.39, 0.29) is 5.91 Å². The standard InChI is InChI=1S/C11H13ClN4OS/c1-16-6-8(5-14-16)4-13-10(17)2-11-15-9(3-12)7-18-11/h5-7H,2-4H2,1H3,(H,13,17). The average Bonchev–Trinajstić information content (AvgIpc) is 2.95. The summed E-state index contributed by atoms with van der Waals surface area (Å²) in [5.41, 5.74) is 1.79. The third-order valence-corrected chi connectivity index (χ3v) is 3.47. The van der Waals surface area contributed by atoms with Crippen molar-refractivity contribution < 1.29 is 4.79 Å². The average molecular weight is 285 g/mol. The Bertz CT molecular complexity index is 537. The molecule has 1 amide bonds. The van der Waals surface area contributed by atoms with E-state index in [0.29, 0.717) is 18.8 Å². The Morgan fingerprint density at radius 3 is 3.06 bits per heavy atom. The Labute approximate surface area is 114 Å². The second kappa shape index (κ2) is 5.97. The van der Waals surface area contributed by atoms with Gasteiger partial charge in [-0.3, -0.25) is 9.48 Å². The summed E-state index contributed by atoms with van der Waals surface area (Å²) in [5.74, 6) is 0.336. The fraction of sp³-hybridized carbons (Fsp3) is 0.364. The minimum atomic E-state index is -0.0469. The molecule has 0 aliphatic rings. The van der Waals surface area contributed by atoms with Gasteiger partial charge in [0.05, 0.1) is 24.2 Å². The maximum Gasteiger partial charge on any atom is 0.227 e. The van der Waals surface area contributed by atoms with Crippen LogP contribution in [0.5, 0.6) is 0 Å².